The maximum absolute atomic E-state index is 16.2. The molecule has 0 spiro atoms. The van der Waals surface area contributed by atoms with Crippen LogP contribution in [0.3, 0.4) is 0 Å². The van der Waals surface area contributed by atoms with Gasteiger partial charge in [-0.25, -0.2) is 9.37 Å². The van der Waals surface area contributed by atoms with Gasteiger partial charge in [0.05, 0.1) is 18.2 Å². The van der Waals surface area contributed by atoms with Crippen LogP contribution < -0.4 is 20.4 Å². The molecule has 0 unspecified atom stereocenters. The third-order valence-electron chi connectivity index (χ3n) is 8.01. The highest BCUT2D eigenvalue weighted by Crippen LogP contribution is 2.39. The summed E-state index contributed by atoms with van der Waals surface area (Å²) in [5, 5.41) is 8.09. The summed E-state index contributed by atoms with van der Waals surface area (Å²) in [6, 6.07) is 12.5. The first-order valence-corrected chi connectivity index (χ1v) is 13.6. The summed E-state index contributed by atoms with van der Waals surface area (Å²) in [5.74, 6) is 0.969. The Morgan fingerprint density at radius 3 is 2.41 bits per heavy atom. The van der Waals surface area contributed by atoms with Gasteiger partial charge in [-0.3, -0.25) is 4.90 Å². The first-order valence-electron chi connectivity index (χ1n) is 13.2. The number of rotatable bonds is 4. The van der Waals surface area contributed by atoms with Crippen LogP contribution in [0, 0.1) is 5.82 Å². The van der Waals surface area contributed by atoms with E-state index in [-0.39, 0.29) is 5.82 Å². The average molecular weight is 524 g/mol. The minimum atomic E-state index is -0.388. The number of piperazine rings is 2. The quantitative estimate of drug-likeness (QED) is 0.540. The lowest BCUT2D eigenvalue weighted by molar-refractivity contribution is -0.0222. The molecule has 0 radical (unpaired) electrons. The van der Waals surface area contributed by atoms with E-state index in [0.717, 1.165) is 77.0 Å². The third kappa shape index (κ3) is 4.32. The van der Waals surface area contributed by atoms with Crippen LogP contribution >= 0.6 is 11.6 Å². The molecule has 4 saturated heterocycles. The molecule has 3 aromatic rings. The van der Waals surface area contributed by atoms with Gasteiger partial charge in [0.1, 0.15) is 11.3 Å². The van der Waals surface area contributed by atoms with Crippen LogP contribution in [0.15, 0.2) is 36.4 Å². The summed E-state index contributed by atoms with van der Waals surface area (Å²) in [4.78, 5) is 16.8. The van der Waals surface area contributed by atoms with Gasteiger partial charge in [-0.1, -0.05) is 41.9 Å². The molecule has 0 aliphatic carbocycles. The molecular weight excluding hydrogens is 493 g/mol. The van der Waals surface area contributed by atoms with Crippen LogP contribution in [0.4, 0.5) is 16.2 Å². The largest absolute Gasteiger partial charge is 0.378 e. The van der Waals surface area contributed by atoms with Crippen molar-refractivity contribution in [1.29, 1.82) is 0 Å². The van der Waals surface area contributed by atoms with Crippen molar-refractivity contribution in [1.82, 2.24) is 25.5 Å². The lowest BCUT2D eigenvalue weighted by Gasteiger charge is -2.51. The molecule has 2 aromatic carbocycles. The fourth-order valence-corrected chi connectivity index (χ4v) is 6.38. The molecule has 0 saturated carbocycles. The van der Waals surface area contributed by atoms with Crippen LogP contribution in [0.2, 0.25) is 5.02 Å². The molecule has 37 heavy (non-hydrogen) atoms. The molecule has 1 aromatic heterocycles. The van der Waals surface area contributed by atoms with E-state index in [9.17, 15) is 0 Å². The fourth-order valence-electron chi connectivity index (χ4n) is 6.08. The number of nitrogens with zero attached hydrogens (tertiary/aromatic N) is 5. The summed E-state index contributed by atoms with van der Waals surface area (Å²) in [6.45, 7) is 8.55. The van der Waals surface area contributed by atoms with E-state index in [1.54, 1.807) is 0 Å². The van der Waals surface area contributed by atoms with E-state index in [1.165, 1.54) is 0 Å². The standard InChI is InChI=1S/C27H31ClFN7O/c28-22-10-21-25(24(29)23(22)17-4-2-1-3-5-17)32-27(33-26(21)34-8-6-30-7-9-34)36-13-20(14-36)35-11-18-15-37-16-19(12-35)31-18/h1-5,10,18-20,30-31H,6-9,11-16H2/t18-,19+. The van der Waals surface area contributed by atoms with Crippen LogP contribution in [0.5, 0.6) is 0 Å². The first-order chi connectivity index (χ1) is 18.1. The van der Waals surface area contributed by atoms with Gasteiger partial charge in [0.25, 0.3) is 0 Å². The van der Waals surface area contributed by atoms with Crippen molar-refractivity contribution in [2.24, 2.45) is 0 Å². The van der Waals surface area contributed by atoms with E-state index in [4.69, 9.17) is 26.3 Å². The minimum Gasteiger partial charge on any atom is -0.378 e. The number of ether oxygens (including phenoxy) is 1. The zero-order valence-electron chi connectivity index (χ0n) is 20.7. The van der Waals surface area contributed by atoms with Gasteiger partial charge in [0.15, 0.2) is 5.82 Å². The molecule has 2 bridgehead atoms. The maximum atomic E-state index is 16.2. The van der Waals surface area contributed by atoms with Gasteiger partial charge in [0.2, 0.25) is 5.95 Å². The molecule has 8 nitrogen and oxygen atoms in total. The number of aromatic nitrogens is 2. The number of halogens is 2. The number of anilines is 2. The van der Waals surface area contributed by atoms with Crippen LogP contribution in [0.25, 0.3) is 22.0 Å². The second-order valence-corrected chi connectivity index (χ2v) is 10.9. The van der Waals surface area contributed by atoms with E-state index in [2.05, 4.69) is 25.3 Å². The SMILES string of the molecule is Fc1c(-c2ccccc2)c(Cl)cc2c(N3CCNCC3)nc(N3CC(N4C[C@H]5COC[C@@H](C4)N5)C3)nc12. The zero-order valence-corrected chi connectivity index (χ0v) is 21.4. The lowest BCUT2D eigenvalue weighted by atomic mass is 10.0. The van der Waals surface area contributed by atoms with Crippen molar-refractivity contribution >= 4 is 34.3 Å². The summed E-state index contributed by atoms with van der Waals surface area (Å²) < 4.78 is 21.9. The fraction of sp³-hybridized carbons (Fsp3) is 0.481. The van der Waals surface area contributed by atoms with Crippen molar-refractivity contribution < 1.29 is 9.13 Å². The monoisotopic (exact) mass is 523 g/mol. The number of fused-ring (bicyclic) bond motifs is 3. The molecule has 2 atom stereocenters. The Hall–Kier alpha value is -2.56. The van der Waals surface area contributed by atoms with Gasteiger partial charge < -0.3 is 25.2 Å². The Morgan fingerprint density at radius 2 is 1.68 bits per heavy atom. The van der Waals surface area contributed by atoms with Gasteiger partial charge >= 0.3 is 0 Å². The van der Waals surface area contributed by atoms with Crippen LogP contribution in [-0.2, 0) is 4.74 Å². The molecule has 4 aliphatic rings. The average Bonchev–Trinajstić information content (AvgIpc) is 2.89. The molecule has 10 heteroatoms. The van der Waals surface area contributed by atoms with Gasteiger partial charge in [-0.05, 0) is 11.6 Å². The smallest absolute Gasteiger partial charge is 0.228 e. The molecule has 5 heterocycles. The Kier molecular flexibility index (Phi) is 6.13. The van der Waals surface area contributed by atoms with E-state index in [0.29, 0.717) is 45.6 Å². The maximum Gasteiger partial charge on any atom is 0.228 e. The Bertz CT molecular complexity index is 1290. The number of morpholine rings is 1. The Labute approximate surface area is 220 Å². The molecule has 7 rings (SSSR count). The second kappa shape index (κ2) is 9.63. The molecule has 0 amide bonds. The number of benzene rings is 2. The number of hydrogen-bond acceptors (Lipinski definition) is 8. The Balaban J connectivity index is 1.24. The van der Waals surface area contributed by atoms with Crippen molar-refractivity contribution in [3.8, 4) is 11.1 Å². The topological polar surface area (TPSA) is 68.8 Å². The third-order valence-corrected chi connectivity index (χ3v) is 8.31. The highest BCUT2D eigenvalue weighted by atomic mass is 35.5. The zero-order chi connectivity index (χ0) is 24.9. The van der Waals surface area contributed by atoms with Gasteiger partial charge in [0, 0.05) is 81.4 Å². The van der Waals surface area contributed by atoms with Crippen molar-refractivity contribution in [2.45, 2.75) is 18.1 Å². The van der Waals surface area contributed by atoms with Gasteiger partial charge in [-0.2, -0.15) is 4.98 Å². The van der Waals surface area contributed by atoms with E-state index >= 15 is 4.39 Å². The van der Waals surface area contributed by atoms with Crippen molar-refractivity contribution in [2.75, 3.05) is 75.4 Å². The molecule has 4 aliphatic heterocycles. The Morgan fingerprint density at radius 1 is 0.946 bits per heavy atom. The molecular formula is C27H31ClFN7O. The van der Waals surface area contributed by atoms with Crippen LogP contribution in [-0.4, -0.2) is 98.6 Å². The van der Waals surface area contributed by atoms with E-state index < -0.39 is 0 Å². The van der Waals surface area contributed by atoms with Crippen molar-refractivity contribution in [3.63, 3.8) is 0 Å². The molecule has 4 fully saturated rings. The highest BCUT2D eigenvalue weighted by molar-refractivity contribution is 6.34. The van der Waals surface area contributed by atoms with E-state index in [1.807, 2.05) is 36.4 Å². The predicted octanol–water partition coefficient (Wildman–Crippen LogP) is 2.36. The molecule has 2 N–H and O–H groups in total. The number of hydrogen-bond donors (Lipinski definition) is 2. The molecule has 194 valence electrons. The predicted molar refractivity (Wildman–Crippen MR) is 144 cm³/mol. The summed E-state index contributed by atoms with van der Waals surface area (Å²) in [5.41, 5.74) is 1.47. The van der Waals surface area contributed by atoms with Gasteiger partial charge in [-0.15, -0.1) is 0 Å². The van der Waals surface area contributed by atoms with Crippen LogP contribution in [0.1, 0.15) is 0 Å². The normalized spacial score (nSPS) is 24.9. The van der Waals surface area contributed by atoms with Crippen molar-refractivity contribution in [3.05, 3.63) is 47.2 Å². The highest BCUT2D eigenvalue weighted by Gasteiger charge is 2.40. The summed E-state index contributed by atoms with van der Waals surface area (Å²) in [7, 11) is 0. The second-order valence-electron chi connectivity index (χ2n) is 10.5. The first kappa shape index (κ1) is 23.5. The minimum absolute atomic E-state index is 0.332. The summed E-state index contributed by atoms with van der Waals surface area (Å²) in [6.07, 6.45) is 0. The number of nitrogens with one attached hydrogen (secondary N) is 2. The summed E-state index contributed by atoms with van der Waals surface area (Å²) >= 11 is 6.68. The lowest BCUT2D eigenvalue weighted by Crippen LogP contribution is -2.69.